The minimum atomic E-state index is 0.0406. The van der Waals surface area contributed by atoms with Gasteiger partial charge in [-0.15, -0.1) is 0 Å². The van der Waals surface area contributed by atoms with E-state index in [4.69, 9.17) is 5.73 Å². The van der Waals surface area contributed by atoms with Crippen LogP contribution < -0.4 is 11.1 Å². The van der Waals surface area contributed by atoms with Crippen LogP contribution in [0.5, 0.6) is 0 Å². The molecule has 116 valence electrons. The number of nitrogens with one attached hydrogen (secondary N) is 1. The van der Waals surface area contributed by atoms with Crippen LogP contribution in [0.25, 0.3) is 0 Å². The molecule has 4 nitrogen and oxygen atoms in total. The molecule has 2 unspecified atom stereocenters. The highest BCUT2D eigenvalue weighted by Gasteiger charge is 2.26. The highest BCUT2D eigenvalue weighted by molar-refractivity contribution is 5.79. The average Bonchev–Trinajstić information content (AvgIpc) is 2.65. The van der Waals surface area contributed by atoms with Gasteiger partial charge in [-0.05, 0) is 44.7 Å². The summed E-state index contributed by atoms with van der Waals surface area (Å²) >= 11 is 0. The van der Waals surface area contributed by atoms with Gasteiger partial charge in [0.05, 0.1) is 5.92 Å². The molecule has 2 fully saturated rings. The van der Waals surface area contributed by atoms with Gasteiger partial charge in [-0.25, -0.2) is 0 Å². The molecule has 2 rings (SSSR count). The number of nitrogens with two attached hydrogens (primary N) is 1. The minimum Gasteiger partial charge on any atom is -0.355 e. The van der Waals surface area contributed by atoms with E-state index < -0.39 is 0 Å². The molecule has 0 aromatic rings. The molecule has 20 heavy (non-hydrogen) atoms. The summed E-state index contributed by atoms with van der Waals surface area (Å²) in [6.45, 7) is 6.45. The van der Waals surface area contributed by atoms with Crippen molar-refractivity contribution in [3.05, 3.63) is 0 Å². The predicted molar refractivity (Wildman–Crippen MR) is 82.4 cm³/mol. The van der Waals surface area contributed by atoms with E-state index >= 15 is 0 Å². The lowest BCUT2D eigenvalue weighted by atomic mass is 9.94. The number of likely N-dealkylation sites (tertiary alicyclic amines) is 1. The van der Waals surface area contributed by atoms with Crippen LogP contribution in [-0.4, -0.2) is 43.0 Å². The average molecular weight is 281 g/mol. The number of piperidine rings is 1. The molecule has 0 aromatic carbocycles. The number of amides is 1. The maximum absolute atomic E-state index is 12.2. The van der Waals surface area contributed by atoms with Gasteiger partial charge in [0, 0.05) is 19.1 Å². The summed E-state index contributed by atoms with van der Waals surface area (Å²) in [6.07, 6.45) is 8.11. The lowest BCUT2D eigenvalue weighted by molar-refractivity contribution is -0.125. The zero-order chi connectivity index (χ0) is 14.4. The summed E-state index contributed by atoms with van der Waals surface area (Å²) in [5.74, 6) is 1.09. The maximum Gasteiger partial charge on any atom is 0.224 e. The summed E-state index contributed by atoms with van der Waals surface area (Å²) in [4.78, 5) is 14.7. The lowest BCUT2D eigenvalue weighted by Gasteiger charge is -2.30. The molecule has 1 amide bonds. The van der Waals surface area contributed by atoms with Crippen molar-refractivity contribution in [2.45, 2.75) is 57.9 Å². The molecule has 0 spiro atoms. The molecular formula is C16H31N3O. The molecule has 3 N–H and O–H groups in total. The monoisotopic (exact) mass is 281 g/mol. The Morgan fingerprint density at radius 2 is 1.85 bits per heavy atom. The third-order valence-electron chi connectivity index (χ3n) is 5.01. The first-order valence-electron chi connectivity index (χ1n) is 8.42. The van der Waals surface area contributed by atoms with Gasteiger partial charge in [-0.1, -0.05) is 26.2 Å². The zero-order valence-corrected chi connectivity index (χ0v) is 12.9. The van der Waals surface area contributed by atoms with E-state index in [9.17, 15) is 4.79 Å². The third kappa shape index (κ3) is 4.74. The molecule has 1 aliphatic heterocycles. The van der Waals surface area contributed by atoms with Crippen LogP contribution in [0.4, 0.5) is 0 Å². The smallest absolute Gasteiger partial charge is 0.224 e. The van der Waals surface area contributed by atoms with Gasteiger partial charge in [0.1, 0.15) is 0 Å². The quantitative estimate of drug-likeness (QED) is 0.772. The second-order valence-electron chi connectivity index (χ2n) is 6.72. The fraction of sp³-hybridized carbons (Fsp3) is 0.938. The first-order valence-corrected chi connectivity index (χ1v) is 8.42. The maximum atomic E-state index is 12.2. The van der Waals surface area contributed by atoms with Gasteiger partial charge in [0.15, 0.2) is 0 Å². The zero-order valence-electron chi connectivity index (χ0n) is 12.9. The van der Waals surface area contributed by atoms with Crippen LogP contribution in [-0.2, 0) is 4.79 Å². The van der Waals surface area contributed by atoms with Crippen molar-refractivity contribution in [2.24, 2.45) is 17.6 Å². The molecule has 1 saturated heterocycles. The number of carbonyl (C=O) groups is 1. The third-order valence-corrected chi connectivity index (χ3v) is 5.01. The largest absolute Gasteiger partial charge is 0.355 e. The van der Waals surface area contributed by atoms with Gasteiger partial charge in [0.2, 0.25) is 5.91 Å². The van der Waals surface area contributed by atoms with Gasteiger partial charge >= 0.3 is 0 Å². The standard InChI is InChI=1S/C16H31N3O/c1-13-7-10-19(11-8-13)12-9-18-16(20)14-5-3-2-4-6-15(14)17/h13-15H,2-12,17H2,1H3,(H,18,20). The van der Waals surface area contributed by atoms with Crippen LogP contribution in [0.3, 0.4) is 0 Å². The highest BCUT2D eigenvalue weighted by atomic mass is 16.1. The normalized spacial score (nSPS) is 29.9. The molecule has 0 bridgehead atoms. The van der Waals surface area contributed by atoms with Crippen molar-refractivity contribution in [1.29, 1.82) is 0 Å². The Morgan fingerprint density at radius 3 is 2.60 bits per heavy atom. The van der Waals surface area contributed by atoms with Crippen molar-refractivity contribution >= 4 is 5.91 Å². The fourth-order valence-electron chi connectivity index (χ4n) is 3.42. The summed E-state index contributed by atoms with van der Waals surface area (Å²) < 4.78 is 0. The molecule has 4 heteroatoms. The first kappa shape index (κ1) is 15.8. The Hall–Kier alpha value is -0.610. The molecule has 0 aromatic heterocycles. The summed E-state index contributed by atoms with van der Waals surface area (Å²) in [5.41, 5.74) is 6.14. The Morgan fingerprint density at radius 1 is 1.15 bits per heavy atom. The van der Waals surface area contributed by atoms with Crippen molar-refractivity contribution < 1.29 is 4.79 Å². The number of carbonyl (C=O) groups excluding carboxylic acids is 1. The Bertz CT molecular complexity index is 300. The molecule has 1 saturated carbocycles. The number of rotatable bonds is 4. The second kappa shape index (κ2) is 7.99. The molecule has 2 aliphatic rings. The van der Waals surface area contributed by atoms with E-state index in [1.807, 2.05) is 0 Å². The van der Waals surface area contributed by atoms with Crippen LogP contribution in [0.2, 0.25) is 0 Å². The lowest BCUT2D eigenvalue weighted by Crippen LogP contribution is -2.44. The molecule has 0 radical (unpaired) electrons. The van der Waals surface area contributed by atoms with Crippen LogP contribution in [0.15, 0.2) is 0 Å². The molecule has 2 atom stereocenters. The van der Waals surface area contributed by atoms with E-state index in [0.717, 1.165) is 38.3 Å². The van der Waals surface area contributed by atoms with E-state index in [0.29, 0.717) is 0 Å². The Balaban J connectivity index is 1.66. The topological polar surface area (TPSA) is 58.4 Å². The van der Waals surface area contributed by atoms with Crippen LogP contribution in [0, 0.1) is 11.8 Å². The minimum absolute atomic E-state index is 0.0406. The van der Waals surface area contributed by atoms with Gasteiger partial charge < -0.3 is 16.0 Å². The molecular weight excluding hydrogens is 250 g/mol. The SMILES string of the molecule is CC1CCN(CCNC(=O)C2CCCCCC2N)CC1. The van der Waals surface area contributed by atoms with E-state index in [2.05, 4.69) is 17.1 Å². The highest BCUT2D eigenvalue weighted by Crippen LogP contribution is 2.22. The number of hydrogen-bond donors (Lipinski definition) is 2. The van der Waals surface area contributed by atoms with Crippen LogP contribution in [0.1, 0.15) is 51.9 Å². The number of hydrogen-bond acceptors (Lipinski definition) is 3. The summed E-state index contributed by atoms with van der Waals surface area (Å²) in [7, 11) is 0. The molecule has 1 aliphatic carbocycles. The van der Waals surface area contributed by atoms with Crippen LogP contribution >= 0.6 is 0 Å². The van der Waals surface area contributed by atoms with Crippen molar-refractivity contribution in [3.63, 3.8) is 0 Å². The van der Waals surface area contributed by atoms with E-state index in [1.54, 1.807) is 0 Å². The van der Waals surface area contributed by atoms with Crippen molar-refractivity contribution in [2.75, 3.05) is 26.2 Å². The Labute approximate surface area is 123 Å². The predicted octanol–water partition coefficient (Wildman–Crippen LogP) is 1.74. The van der Waals surface area contributed by atoms with E-state index in [-0.39, 0.29) is 17.9 Å². The van der Waals surface area contributed by atoms with E-state index in [1.165, 1.54) is 38.8 Å². The van der Waals surface area contributed by atoms with Crippen molar-refractivity contribution in [3.8, 4) is 0 Å². The summed E-state index contributed by atoms with van der Waals surface area (Å²) in [6, 6.07) is 0.0633. The van der Waals surface area contributed by atoms with Gasteiger partial charge in [-0.3, -0.25) is 4.79 Å². The first-order chi connectivity index (χ1) is 9.66. The molecule has 1 heterocycles. The van der Waals surface area contributed by atoms with Gasteiger partial charge in [-0.2, -0.15) is 0 Å². The second-order valence-corrected chi connectivity index (χ2v) is 6.72. The summed E-state index contributed by atoms with van der Waals surface area (Å²) in [5, 5.41) is 3.11. The van der Waals surface area contributed by atoms with Crippen molar-refractivity contribution in [1.82, 2.24) is 10.2 Å². The fourth-order valence-corrected chi connectivity index (χ4v) is 3.42. The Kier molecular flexibility index (Phi) is 6.30. The van der Waals surface area contributed by atoms with Gasteiger partial charge in [0.25, 0.3) is 0 Å². The number of nitrogens with zero attached hydrogens (tertiary/aromatic N) is 1.